The maximum atomic E-state index is 3.75. The summed E-state index contributed by atoms with van der Waals surface area (Å²) in [5, 5.41) is 3.09. The quantitative estimate of drug-likeness (QED) is 0.397. The van der Waals surface area contributed by atoms with E-state index in [-0.39, 0.29) is 5.41 Å². The molecule has 0 aromatic heterocycles. The van der Waals surface area contributed by atoms with Gasteiger partial charge in [0, 0.05) is 10.3 Å². The summed E-state index contributed by atoms with van der Waals surface area (Å²) in [4.78, 5) is 1.18. The SMILES string of the molecule is C=CC(C)(C)C#CSc1ccccc1. The highest BCUT2D eigenvalue weighted by Gasteiger charge is 2.06. The van der Waals surface area contributed by atoms with Crippen molar-refractivity contribution in [2.75, 3.05) is 0 Å². The van der Waals surface area contributed by atoms with E-state index in [0.29, 0.717) is 0 Å². The van der Waals surface area contributed by atoms with Crippen LogP contribution in [0.15, 0.2) is 47.9 Å². The van der Waals surface area contributed by atoms with Crippen molar-refractivity contribution in [2.45, 2.75) is 18.7 Å². The topological polar surface area (TPSA) is 0 Å². The average Bonchev–Trinajstić information content (AvgIpc) is 2.19. The van der Waals surface area contributed by atoms with Crippen LogP contribution < -0.4 is 0 Å². The number of thioether (sulfide) groups is 1. The van der Waals surface area contributed by atoms with Gasteiger partial charge in [-0.25, -0.2) is 0 Å². The minimum Gasteiger partial charge on any atom is -0.102 e. The van der Waals surface area contributed by atoms with Gasteiger partial charge < -0.3 is 0 Å². The van der Waals surface area contributed by atoms with Gasteiger partial charge in [0.05, 0.1) is 0 Å². The molecular formula is C13H14S. The van der Waals surface area contributed by atoms with Crippen molar-refractivity contribution in [3.05, 3.63) is 43.0 Å². The van der Waals surface area contributed by atoms with Crippen LogP contribution in [0.2, 0.25) is 0 Å². The Morgan fingerprint density at radius 1 is 1.29 bits per heavy atom. The molecule has 0 saturated heterocycles. The lowest BCUT2D eigenvalue weighted by molar-refractivity contribution is 0.658. The first-order chi connectivity index (χ1) is 6.64. The molecule has 1 rings (SSSR count). The van der Waals surface area contributed by atoms with Gasteiger partial charge in [-0.2, -0.15) is 0 Å². The molecular weight excluding hydrogens is 188 g/mol. The molecule has 14 heavy (non-hydrogen) atoms. The first kappa shape index (κ1) is 10.9. The van der Waals surface area contributed by atoms with Gasteiger partial charge in [0.2, 0.25) is 0 Å². The molecule has 72 valence electrons. The smallest absolute Gasteiger partial charge is 0.0443 e. The molecule has 1 heteroatoms. The van der Waals surface area contributed by atoms with Crippen molar-refractivity contribution in [1.82, 2.24) is 0 Å². The lowest BCUT2D eigenvalue weighted by atomic mass is 9.96. The Morgan fingerprint density at radius 2 is 1.93 bits per heavy atom. The Hall–Kier alpha value is -1.13. The fourth-order valence-corrected chi connectivity index (χ4v) is 1.48. The van der Waals surface area contributed by atoms with Gasteiger partial charge in [-0.15, -0.1) is 6.58 Å². The van der Waals surface area contributed by atoms with Gasteiger partial charge in [0.1, 0.15) is 0 Å². The van der Waals surface area contributed by atoms with Crippen LogP contribution in [0, 0.1) is 16.6 Å². The number of allylic oxidation sites excluding steroid dienone is 1. The van der Waals surface area contributed by atoms with Gasteiger partial charge in [0.15, 0.2) is 0 Å². The van der Waals surface area contributed by atoms with Crippen LogP contribution in [0.25, 0.3) is 0 Å². The summed E-state index contributed by atoms with van der Waals surface area (Å²) >= 11 is 1.55. The van der Waals surface area contributed by atoms with E-state index in [9.17, 15) is 0 Å². The van der Waals surface area contributed by atoms with Gasteiger partial charge >= 0.3 is 0 Å². The highest BCUT2D eigenvalue weighted by atomic mass is 32.2. The van der Waals surface area contributed by atoms with Crippen molar-refractivity contribution in [2.24, 2.45) is 5.41 Å². The van der Waals surface area contributed by atoms with E-state index in [1.54, 1.807) is 11.8 Å². The number of benzene rings is 1. The van der Waals surface area contributed by atoms with Crippen molar-refractivity contribution >= 4 is 11.8 Å². The molecule has 0 spiro atoms. The normalized spacial score (nSPS) is 10.1. The number of hydrogen-bond acceptors (Lipinski definition) is 1. The molecule has 0 N–H and O–H groups in total. The molecule has 0 atom stereocenters. The van der Waals surface area contributed by atoms with Crippen LogP contribution in [0.4, 0.5) is 0 Å². The van der Waals surface area contributed by atoms with Gasteiger partial charge in [-0.1, -0.05) is 30.2 Å². The highest BCUT2D eigenvalue weighted by Crippen LogP contribution is 2.18. The molecule has 1 aromatic rings. The monoisotopic (exact) mass is 202 g/mol. The third-order valence-corrected chi connectivity index (χ3v) is 2.51. The largest absolute Gasteiger partial charge is 0.102 e. The lowest BCUT2D eigenvalue weighted by Gasteiger charge is -2.08. The Balaban J connectivity index is 2.61. The van der Waals surface area contributed by atoms with Gasteiger partial charge in [0.25, 0.3) is 0 Å². The molecule has 0 aliphatic carbocycles. The summed E-state index contributed by atoms with van der Waals surface area (Å²) in [6.07, 6.45) is 1.87. The van der Waals surface area contributed by atoms with Crippen molar-refractivity contribution < 1.29 is 0 Å². The highest BCUT2D eigenvalue weighted by molar-refractivity contribution is 8.03. The second-order valence-electron chi connectivity index (χ2n) is 3.57. The Kier molecular flexibility index (Phi) is 3.85. The third kappa shape index (κ3) is 3.72. The number of hydrogen-bond donors (Lipinski definition) is 0. The molecule has 0 aliphatic rings. The summed E-state index contributed by atoms with van der Waals surface area (Å²) in [6.45, 7) is 7.85. The molecule has 0 radical (unpaired) electrons. The molecule has 0 nitrogen and oxygen atoms in total. The van der Waals surface area contributed by atoms with Crippen LogP contribution in [-0.2, 0) is 0 Å². The molecule has 0 unspecified atom stereocenters. The minimum atomic E-state index is -0.0955. The summed E-state index contributed by atoms with van der Waals surface area (Å²) in [5.41, 5.74) is -0.0955. The molecule has 0 saturated carbocycles. The predicted molar refractivity (Wildman–Crippen MR) is 64.1 cm³/mol. The molecule has 0 bridgehead atoms. The van der Waals surface area contributed by atoms with Crippen LogP contribution in [0.5, 0.6) is 0 Å². The van der Waals surface area contributed by atoms with E-state index in [0.717, 1.165) is 0 Å². The van der Waals surface area contributed by atoms with Crippen LogP contribution >= 0.6 is 11.8 Å². The summed E-state index contributed by atoms with van der Waals surface area (Å²) < 4.78 is 0. The Labute approximate surface area is 90.4 Å². The Morgan fingerprint density at radius 3 is 2.50 bits per heavy atom. The molecule has 0 aliphatic heterocycles. The third-order valence-electron chi connectivity index (χ3n) is 1.80. The van der Waals surface area contributed by atoms with Crippen molar-refractivity contribution in [3.8, 4) is 11.2 Å². The first-order valence-electron chi connectivity index (χ1n) is 4.52. The molecule has 0 heterocycles. The van der Waals surface area contributed by atoms with E-state index in [2.05, 4.69) is 43.7 Å². The molecule has 1 aromatic carbocycles. The zero-order valence-corrected chi connectivity index (χ0v) is 9.40. The minimum absolute atomic E-state index is 0.0955. The standard InChI is InChI=1S/C13H14S/c1-4-13(2,3)10-11-14-12-8-6-5-7-9-12/h4-9H,1H2,2-3H3. The predicted octanol–water partition coefficient (Wildman–Crippen LogP) is 3.95. The van der Waals surface area contributed by atoms with Gasteiger partial charge in [-0.3, -0.25) is 0 Å². The van der Waals surface area contributed by atoms with E-state index in [1.807, 2.05) is 24.3 Å². The van der Waals surface area contributed by atoms with E-state index < -0.39 is 0 Å². The van der Waals surface area contributed by atoms with Crippen LogP contribution in [0.3, 0.4) is 0 Å². The van der Waals surface area contributed by atoms with Crippen molar-refractivity contribution in [1.29, 1.82) is 0 Å². The van der Waals surface area contributed by atoms with Crippen molar-refractivity contribution in [3.63, 3.8) is 0 Å². The Bertz CT molecular complexity index is 352. The number of rotatable bonds is 2. The first-order valence-corrected chi connectivity index (χ1v) is 5.33. The van der Waals surface area contributed by atoms with E-state index in [1.165, 1.54) is 4.90 Å². The zero-order valence-electron chi connectivity index (χ0n) is 8.58. The lowest BCUT2D eigenvalue weighted by Crippen LogP contribution is -2.01. The van der Waals surface area contributed by atoms with Crippen LogP contribution in [-0.4, -0.2) is 0 Å². The summed E-state index contributed by atoms with van der Waals surface area (Å²) in [7, 11) is 0. The van der Waals surface area contributed by atoms with Gasteiger partial charge in [-0.05, 0) is 43.0 Å². The second-order valence-corrected chi connectivity index (χ2v) is 4.45. The summed E-state index contributed by atoms with van der Waals surface area (Å²) in [6, 6.07) is 10.1. The fourth-order valence-electron chi connectivity index (χ4n) is 0.756. The molecule has 0 amide bonds. The molecule has 0 fully saturated rings. The van der Waals surface area contributed by atoms with E-state index >= 15 is 0 Å². The van der Waals surface area contributed by atoms with E-state index in [4.69, 9.17) is 0 Å². The summed E-state index contributed by atoms with van der Waals surface area (Å²) in [5.74, 6) is 3.15. The maximum absolute atomic E-state index is 3.75. The fraction of sp³-hybridized carbons (Fsp3) is 0.231. The average molecular weight is 202 g/mol. The second kappa shape index (κ2) is 4.93. The van der Waals surface area contributed by atoms with Crippen LogP contribution in [0.1, 0.15) is 13.8 Å². The zero-order chi connectivity index (χ0) is 10.4. The maximum Gasteiger partial charge on any atom is 0.0443 e.